The first-order valence-corrected chi connectivity index (χ1v) is 4.03. The number of aliphatic hydroxyl groups is 1. The minimum atomic E-state index is -1.24. The highest BCUT2D eigenvalue weighted by atomic mass is 16.3. The van der Waals surface area contributed by atoms with Gasteiger partial charge in [0, 0.05) is 6.20 Å². The second kappa shape index (κ2) is 4.43. The van der Waals surface area contributed by atoms with E-state index in [0.717, 1.165) is 0 Å². The molecule has 1 atom stereocenters. The summed E-state index contributed by atoms with van der Waals surface area (Å²) in [4.78, 5) is 14.4. The number of hydrogen-bond donors (Lipinski definition) is 4. The zero-order valence-corrected chi connectivity index (χ0v) is 7.47. The van der Waals surface area contributed by atoms with Crippen molar-refractivity contribution in [2.24, 2.45) is 5.73 Å². The fourth-order valence-electron chi connectivity index (χ4n) is 0.859. The molecule has 6 nitrogen and oxygen atoms in total. The van der Waals surface area contributed by atoms with Gasteiger partial charge in [-0.2, -0.15) is 0 Å². The van der Waals surface area contributed by atoms with Gasteiger partial charge in [0.1, 0.15) is 11.9 Å². The van der Waals surface area contributed by atoms with Crippen LogP contribution in [0.5, 0.6) is 0 Å². The molecule has 0 spiro atoms. The van der Waals surface area contributed by atoms with Gasteiger partial charge in [-0.05, 0) is 12.1 Å². The van der Waals surface area contributed by atoms with Crippen LogP contribution in [0.15, 0.2) is 18.3 Å². The summed E-state index contributed by atoms with van der Waals surface area (Å²) in [6.07, 6.45) is 0.311. The number of carbonyl (C=O) groups excluding carboxylic acids is 1. The van der Waals surface area contributed by atoms with Crippen molar-refractivity contribution in [1.29, 1.82) is 0 Å². The van der Waals surface area contributed by atoms with Gasteiger partial charge in [-0.1, -0.05) is 0 Å². The summed E-state index contributed by atoms with van der Waals surface area (Å²) in [6.45, 7) is -0.00343. The molecule has 0 saturated heterocycles. The lowest BCUT2D eigenvalue weighted by Crippen LogP contribution is -2.34. The normalized spacial score (nSPS) is 12.1. The van der Waals surface area contributed by atoms with Crippen LogP contribution in [0.1, 0.15) is 0 Å². The van der Waals surface area contributed by atoms with Gasteiger partial charge in [0.2, 0.25) is 5.91 Å². The van der Waals surface area contributed by atoms with Gasteiger partial charge in [0.15, 0.2) is 0 Å². The molecule has 0 aliphatic carbocycles. The second-order valence-corrected chi connectivity index (χ2v) is 2.74. The maximum atomic E-state index is 10.5. The van der Waals surface area contributed by atoms with E-state index in [1.165, 1.54) is 0 Å². The quantitative estimate of drug-likeness (QED) is 0.489. The van der Waals surface area contributed by atoms with E-state index in [2.05, 4.69) is 10.3 Å². The Labute approximate surface area is 80.9 Å². The van der Waals surface area contributed by atoms with Gasteiger partial charge >= 0.3 is 0 Å². The molecule has 0 radical (unpaired) electrons. The first-order valence-electron chi connectivity index (χ1n) is 4.03. The minimum Gasteiger partial charge on any atom is -0.396 e. The maximum Gasteiger partial charge on any atom is 0.248 e. The van der Waals surface area contributed by atoms with Crippen LogP contribution in [0.25, 0.3) is 0 Å². The van der Waals surface area contributed by atoms with Crippen molar-refractivity contribution in [2.45, 2.75) is 6.10 Å². The van der Waals surface area contributed by atoms with Crippen molar-refractivity contribution >= 4 is 17.4 Å². The Bertz CT molecular complexity index is 329. The highest BCUT2D eigenvalue weighted by Crippen LogP contribution is 2.12. The van der Waals surface area contributed by atoms with Crippen LogP contribution in [-0.2, 0) is 4.79 Å². The molecule has 1 rings (SSSR count). The third kappa shape index (κ3) is 2.60. The summed E-state index contributed by atoms with van der Waals surface area (Å²) in [5, 5.41) is 11.8. The molecule has 1 unspecified atom stereocenters. The zero-order chi connectivity index (χ0) is 10.6. The summed E-state index contributed by atoms with van der Waals surface area (Å²) in [6, 6.07) is 3.34. The SMILES string of the molecule is NC(=O)C(O)CNc1ncccc1N. The van der Waals surface area contributed by atoms with Crippen LogP contribution in [0.3, 0.4) is 0 Å². The number of carbonyl (C=O) groups is 1. The number of nitrogens with two attached hydrogens (primary N) is 2. The van der Waals surface area contributed by atoms with E-state index in [1.807, 2.05) is 0 Å². The van der Waals surface area contributed by atoms with Crippen LogP contribution < -0.4 is 16.8 Å². The predicted octanol–water partition coefficient (Wildman–Crippen LogP) is -1.08. The van der Waals surface area contributed by atoms with E-state index < -0.39 is 12.0 Å². The predicted molar refractivity (Wildman–Crippen MR) is 52.3 cm³/mol. The van der Waals surface area contributed by atoms with E-state index >= 15 is 0 Å². The Morgan fingerprint density at radius 3 is 3.00 bits per heavy atom. The van der Waals surface area contributed by atoms with E-state index in [0.29, 0.717) is 11.5 Å². The van der Waals surface area contributed by atoms with E-state index in [4.69, 9.17) is 16.6 Å². The summed E-state index contributed by atoms with van der Waals surface area (Å²) in [5.74, 6) is -0.361. The van der Waals surface area contributed by atoms with Crippen LogP contribution in [0.4, 0.5) is 11.5 Å². The van der Waals surface area contributed by atoms with E-state index in [9.17, 15) is 4.79 Å². The van der Waals surface area contributed by atoms with Gasteiger partial charge in [-0.25, -0.2) is 4.98 Å². The molecule has 1 aromatic heterocycles. The molecule has 6 heteroatoms. The molecular weight excluding hydrogens is 184 g/mol. The molecule has 0 aromatic carbocycles. The number of nitrogens with zero attached hydrogens (tertiary/aromatic N) is 1. The Morgan fingerprint density at radius 2 is 2.43 bits per heavy atom. The monoisotopic (exact) mass is 196 g/mol. The van der Waals surface area contributed by atoms with Crippen molar-refractivity contribution in [3.05, 3.63) is 18.3 Å². The smallest absolute Gasteiger partial charge is 0.248 e. The summed E-state index contributed by atoms with van der Waals surface area (Å²) < 4.78 is 0. The van der Waals surface area contributed by atoms with Crippen molar-refractivity contribution in [3.8, 4) is 0 Å². The van der Waals surface area contributed by atoms with Crippen LogP contribution >= 0.6 is 0 Å². The molecule has 0 bridgehead atoms. The van der Waals surface area contributed by atoms with Gasteiger partial charge in [-0.15, -0.1) is 0 Å². The number of aromatic nitrogens is 1. The fraction of sp³-hybridized carbons (Fsp3) is 0.250. The number of primary amides is 1. The highest BCUT2D eigenvalue weighted by Gasteiger charge is 2.10. The molecule has 1 amide bonds. The third-order valence-corrected chi connectivity index (χ3v) is 1.63. The highest BCUT2D eigenvalue weighted by molar-refractivity contribution is 5.79. The lowest BCUT2D eigenvalue weighted by molar-refractivity contribution is -0.125. The van der Waals surface area contributed by atoms with Crippen molar-refractivity contribution < 1.29 is 9.90 Å². The number of rotatable bonds is 4. The lowest BCUT2D eigenvalue weighted by atomic mass is 10.3. The first-order chi connectivity index (χ1) is 6.61. The molecule has 0 fully saturated rings. The van der Waals surface area contributed by atoms with Gasteiger partial charge in [0.25, 0.3) is 0 Å². The van der Waals surface area contributed by atoms with Gasteiger partial charge < -0.3 is 21.9 Å². The molecule has 0 aliphatic heterocycles. The summed E-state index contributed by atoms with van der Waals surface area (Å²) in [5.41, 5.74) is 10.9. The standard InChI is InChI=1S/C8H12N4O2/c9-5-2-1-3-11-8(5)12-4-6(13)7(10)14/h1-3,6,13H,4,9H2,(H2,10,14)(H,11,12). The Kier molecular flexibility index (Phi) is 3.24. The van der Waals surface area contributed by atoms with Crippen LogP contribution in [0.2, 0.25) is 0 Å². The average Bonchev–Trinajstić information content (AvgIpc) is 2.16. The fourth-order valence-corrected chi connectivity index (χ4v) is 0.859. The number of nitrogen functional groups attached to an aromatic ring is 1. The van der Waals surface area contributed by atoms with Gasteiger partial charge in [-0.3, -0.25) is 4.79 Å². The summed E-state index contributed by atoms with van der Waals surface area (Å²) >= 11 is 0. The molecule has 14 heavy (non-hydrogen) atoms. The number of hydrogen-bond acceptors (Lipinski definition) is 5. The Morgan fingerprint density at radius 1 is 1.71 bits per heavy atom. The first kappa shape index (κ1) is 10.3. The molecule has 0 aliphatic rings. The lowest BCUT2D eigenvalue weighted by Gasteiger charge is -2.09. The van der Waals surface area contributed by atoms with Crippen LogP contribution in [0, 0.1) is 0 Å². The van der Waals surface area contributed by atoms with E-state index in [-0.39, 0.29) is 6.54 Å². The number of aliphatic hydroxyl groups excluding tert-OH is 1. The number of amides is 1. The molecular formula is C8H12N4O2. The average molecular weight is 196 g/mol. The molecule has 6 N–H and O–H groups in total. The largest absolute Gasteiger partial charge is 0.396 e. The second-order valence-electron chi connectivity index (χ2n) is 2.74. The zero-order valence-electron chi connectivity index (χ0n) is 7.47. The van der Waals surface area contributed by atoms with Gasteiger partial charge in [0.05, 0.1) is 12.2 Å². The van der Waals surface area contributed by atoms with Crippen molar-refractivity contribution in [3.63, 3.8) is 0 Å². The number of pyridine rings is 1. The maximum absolute atomic E-state index is 10.5. The third-order valence-electron chi connectivity index (χ3n) is 1.63. The minimum absolute atomic E-state index is 0.00343. The van der Waals surface area contributed by atoms with Crippen molar-refractivity contribution in [1.82, 2.24) is 4.98 Å². The Balaban J connectivity index is 2.54. The van der Waals surface area contributed by atoms with Crippen molar-refractivity contribution in [2.75, 3.05) is 17.6 Å². The number of nitrogens with one attached hydrogen (secondary N) is 1. The Hall–Kier alpha value is -1.82. The molecule has 76 valence electrons. The topological polar surface area (TPSA) is 114 Å². The molecule has 1 heterocycles. The molecule has 1 aromatic rings. The number of anilines is 2. The molecule has 0 saturated carbocycles. The van der Waals surface area contributed by atoms with Crippen LogP contribution in [-0.4, -0.2) is 28.6 Å². The van der Waals surface area contributed by atoms with E-state index in [1.54, 1.807) is 18.3 Å². The summed E-state index contributed by atoms with van der Waals surface area (Å²) in [7, 11) is 0.